The Morgan fingerprint density at radius 2 is 1.81 bits per heavy atom. The molecule has 0 amide bonds. The minimum absolute atomic E-state index is 0.0802. The molecule has 1 fully saturated rings. The predicted molar refractivity (Wildman–Crippen MR) is 108 cm³/mol. The number of aromatic nitrogens is 3. The van der Waals surface area contributed by atoms with Crippen molar-refractivity contribution in [3.63, 3.8) is 0 Å². The van der Waals surface area contributed by atoms with Crippen LogP contribution in [0.4, 0.5) is 0 Å². The molecule has 2 aromatic heterocycles. The van der Waals surface area contributed by atoms with E-state index in [0.717, 1.165) is 53.0 Å². The first kappa shape index (κ1) is 16.3. The number of aromatic amines is 2. The van der Waals surface area contributed by atoms with Gasteiger partial charge in [0.25, 0.3) is 0 Å². The highest BCUT2D eigenvalue weighted by Gasteiger charge is 2.27. The number of para-hydroxylation sites is 3. The first-order valence-electron chi connectivity index (χ1n) is 9.57. The summed E-state index contributed by atoms with van der Waals surface area (Å²) in [5.41, 5.74) is 4.03. The van der Waals surface area contributed by atoms with Crippen molar-refractivity contribution in [2.45, 2.75) is 31.8 Å². The van der Waals surface area contributed by atoms with Gasteiger partial charge in [-0.25, -0.2) is 4.98 Å². The molecule has 0 aliphatic carbocycles. The number of nitrogens with one attached hydrogen (secondary N) is 2. The van der Waals surface area contributed by atoms with Crippen LogP contribution in [0.25, 0.3) is 21.9 Å². The number of benzene rings is 2. The van der Waals surface area contributed by atoms with E-state index in [4.69, 9.17) is 4.98 Å². The average Bonchev–Trinajstić information content (AvgIpc) is 3.12. The molecule has 0 unspecified atom stereocenters. The molecule has 1 saturated heterocycles. The van der Waals surface area contributed by atoms with Gasteiger partial charge in [0.15, 0.2) is 5.43 Å². The van der Waals surface area contributed by atoms with Gasteiger partial charge in [0.1, 0.15) is 5.82 Å². The Labute approximate surface area is 157 Å². The summed E-state index contributed by atoms with van der Waals surface area (Å²) in [4.78, 5) is 26.7. The molecule has 136 valence electrons. The Hall–Kier alpha value is -2.92. The van der Waals surface area contributed by atoms with E-state index in [2.05, 4.69) is 20.9 Å². The Balaban J connectivity index is 1.48. The third-order valence-corrected chi connectivity index (χ3v) is 5.50. The fourth-order valence-corrected chi connectivity index (χ4v) is 4.18. The van der Waals surface area contributed by atoms with Crippen LogP contribution in [0, 0.1) is 0 Å². The van der Waals surface area contributed by atoms with E-state index < -0.39 is 0 Å². The molecule has 1 aliphatic heterocycles. The number of pyridine rings is 1. The van der Waals surface area contributed by atoms with Gasteiger partial charge in [0.2, 0.25) is 0 Å². The second-order valence-electron chi connectivity index (χ2n) is 7.33. The maximum Gasteiger partial charge on any atom is 0.189 e. The lowest BCUT2D eigenvalue weighted by atomic mass is 10.0. The number of nitrogens with zero attached hydrogens (tertiary/aromatic N) is 2. The van der Waals surface area contributed by atoms with Crippen molar-refractivity contribution in [2.24, 2.45) is 0 Å². The number of imidazole rings is 1. The van der Waals surface area contributed by atoms with Gasteiger partial charge in [0.05, 0.1) is 17.1 Å². The Morgan fingerprint density at radius 1 is 1.00 bits per heavy atom. The molecule has 27 heavy (non-hydrogen) atoms. The first-order valence-corrected chi connectivity index (χ1v) is 9.57. The van der Waals surface area contributed by atoms with Crippen molar-refractivity contribution in [1.82, 2.24) is 19.9 Å². The Morgan fingerprint density at radius 3 is 2.70 bits per heavy atom. The number of fused-ring (bicyclic) bond motifs is 2. The maximum atomic E-state index is 12.5. The summed E-state index contributed by atoms with van der Waals surface area (Å²) < 4.78 is 0. The minimum atomic E-state index is 0.0802. The van der Waals surface area contributed by atoms with Gasteiger partial charge < -0.3 is 9.97 Å². The average molecular weight is 358 g/mol. The van der Waals surface area contributed by atoms with Crippen LogP contribution in [0.5, 0.6) is 0 Å². The second-order valence-corrected chi connectivity index (χ2v) is 7.33. The van der Waals surface area contributed by atoms with Crippen LogP contribution in [-0.2, 0) is 6.54 Å². The Bertz CT molecular complexity index is 1130. The third kappa shape index (κ3) is 3.04. The van der Waals surface area contributed by atoms with Crippen LogP contribution in [0.15, 0.2) is 59.4 Å². The summed E-state index contributed by atoms with van der Waals surface area (Å²) >= 11 is 0. The molecule has 5 heteroatoms. The molecule has 2 N–H and O–H groups in total. The van der Waals surface area contributed by atoms with Crippen LogP contribution in [0.1, 0.15) is 36.8 Å². The summed E-state index contributed by atoms with van der Waals surface area (Å²) in [6, 6.07) is 17.9. The SMILES string of the molecule is O=c1cc(CN2CCCC[C@@H]2c2nc3ccccc3[nH]2)[nH]c2ccccc12. The van der Waals surface area contributed by atoms with E-state index in [0.29, 0.717) is 0 Å². The van der Waals surface area contributed by atoms with Crippen LogP contribution in [0.2, 0.25) is 0 Å². The van der Waals surface area contributed by atoms with Gasteiger partial charge in [-0.1, -0.05) is 30.7 Å². The highest BCUT2D eigenvalue weighted by Crippen LogP contribution is 2.31. The van der Waals surface area contributed by atoms with Gasteiger partial charge in [-0.3, -0.25) is 9.69 Å². The van der Waals surface area contributed by atoms with Gasteiger partial charge in [0, 0.05) is 29.2 Å². The molecular weight excluding hydrogens is 336 g/mol. The largest absolute Gasteiger partial charge is 0.357 e. The van der Waals surface area contributed by atoms with Crippen molar-refractivity contribution in [2.75, 3.05) is 6.54 Å². The van der Waals surface area contributed by atoms with Crippen molar-refractivity contribution < 1.29 is 0 Å². The summed E-state index contributed by atoms with van der Waals surface area (Å²) in [6.07, 6.45) is 3.46. The van der Waals surface area contributed by atoms with Crippen LogP contribution < -0.4 is 5.43 Å². The van der Waals surface area contributed by atoms with Crippen molar-refractivity contribution in [3.05, 3.63) is 76.3 Å². The van der Waals surface area contributed by atoms with Gasteiger partial charge in [-0.05, 0) is 43.7 Å². The molecule has 5 rings (SSSR count). The van der Waals surface area contributed by atoms with Crippen LogP contribution in [0.3, 0.4) is 0 Å². The van der Waals surface area contributed by atoms with Crippen molar-refractivity contribution >= 4 is 21.9 Å². The summed E-state index contributed by atoms with van der Waals surface area (Å²) in [5, 5.41) is 0.744. The molecule has 3 heterocycles. The minimum Gasteiger partial charge on any atom is -0.357 e. The topological polar surface area (TPSA) is 64.8 Å². The van der Waals surface area contributed by atoms with Gasteiger partial charge >= 0.3 is 0 Å². The highest BCUT2D eigenvalue weighted by atomic mass is 16.1. The highest BCUT2D eigenvalue weighted by molar-refractivity contribution is 5.78. The van der Waals surface area contributed by atoms with E-state index in [-0.39, 0.29) is 11.5 Å². The fraction of sp³-hybridized carbons (Fsp3) is 0.273. The quantitative estimate of drug-likeness (QED) is 0.579. The molecule has 0 saturated carbocycles. The molecule has 1 atom stereocenters. The summed E-state index contributed by atoms with van der Waals surface area (Å²) in [6.45, 7) is 1.73. The van der Waals surface area contributed by atoms with Crippen molar-refractivity contribution in [3.8, 4) is 0 Å². The van der Waals surface area contributed by atoms with Crippen LogP contribution >= 0.6 is 0 Å². The first-order chi connectivity index (χ1) is 13.3. The van der Waals surface area contributed by atoms with Crippen molar-refractivity contribution in [1.29, 1.82) is 0 Å². The fourth-order valence-electron chi connectivity index (χ4n) is 4.18. The monoisotopic (exact) mass is 358 g/mol. The molecule has 5 nitrogen and oxygen atoms in total. The summed E-state index contributed by atoms with van der Waals surface area (Å²) in [7, 11) is 0. The molecule has 1 aliphatic rings. The number of hydrogen-bond donors (Lipinski definition) is 2. The van der Waals surface area contributed by atoms with Crippen LogP contribution in [-0.4, -0.2) is 26.4 Å². The third-order valence-electron chi connectivity index (χ3n) is 5.50. The second kappa shape index (κ2) is 6.67. The van der Waals surface area contributed by atoms with E-state index in [1.807, 2.05) is 42.5 Å². The lowest BCUT2D eigenvalue weighted by Crippen LogP contribution is -2.34. The summed E-state index contributed by atoms with van der Waals surface area (Å²) in [5.74, 6) is 1.03. The van der Waals surface area contributed by atoms with E-state index >= 15 is 0 Å². The predicted octanol–water partition coefficient (Wildman–Crippen LogP) is 4.13. The molecule has 0 spiro atoms. The molecular formula is C22H22N4O. The maximum absolute atomic E-state index is 12.5. The standard InChI is InChI=1S/C22H22N4O/c27-21-13-15(23-17-8-2-1-7-16(17)21)14-26-12-6-5-11-20(26)22-24-18-9-3-4-10-19(18)25-22/h1-4,7-10,13,20H,5-6,11-12,14H2,(H,23,27)(H,24,25)/t20-/m1/s1. The zero-order valence-electron chi connectivity index (χ0n) is 15.1. The number of H-pyrrole nitrogens is 2. The van der Waals surface area contributed by atoms with Gasteiger partial charge in [-0.15, -0.1) is 0 Å². The Kier molecular flexibility index (Phi) is 4.02. The molecule has 0 radical (unpaired) electrons. The number of piperidine rings is 1. The zero-order chi connectivity index (χ0) is 18.2. The molecule has 2 aromatic carbocycles. The molecule has 0 bridgehead atoms. The number of likely N-dealkylation sites (tertiary alicyclic amines) is 1. The smallest absolute Gasteiger partial charge is 0.189 e. The van der Waals surface area contributed by atoms with E-state index in [1.165, 1.54) is 12.8 Å². The normalized spacial score (nSPS) is 18.3. The number of hydrogen-bond acceptors (Lipinski definition) is 3. The number of rotatable bonds is 3. The molecule has 4 aromatic rings. The zero-order valence-corrected chi connectivity index (χ0v) is 15.1. The lowest BCUT2D eigenvalue weighted by Gasteiger charge is -2.34. The van der Waals surface area contributed by atoms with Gasteiger partial charge in [-0.2, -0.15) is 0 Å². The van der Waals surface area contributed by atoms with E-state index in [1.54, 1.807) is 6.07 Å². The van der Waals surface area contributed by atoms with E-state index in [9.17, 15) is 4.79 Å². The lowest BCUT2D eigenvalue weighted by molar-refractivity contribution is 0.133.